The van der Waals surface area contributed by atoms with E-state index in [4.69, 9.17) is 15.6 Å². The molecule has 0 aliphatic rings. The minimum absolute atomic E-state index is 0.0282. The lowest BCUT2D eigenvalue weighted by molar-refractivity contribution is 0.200. The summed E-state index contributed by atoms with van der Waals surface area (Å²) in [5.74, 6) is 0.763. The van der Waals surface area contributed by atoms with Gasteiger partial charge in [-0.15, -0.1) is 0 Å². The summed E-state index contributed by atoms with van der Waals surface area (Å²) in [6, 6.07) is 5.40. The molecule has 3 N–H and O–H groups in total. The number of aliphatic hydroxyl groups excluding tert-OH is 1. The summed E-state index contributed by atoms with van der Waals surface area (Å²) < 4.78 is 6.19. The molecule has 12 heavy (non-hydrogen) atoms. The van der Waals surface area contributed by atoms with Gasteiger partial charge in [-0.1, -0.05) is 0 Å². The smallest absolute Gasteiger partial charge is 0.132 e. The van der Waals surface area contributed by atoms with Gasteiger partial charge in [0.15, 0.2) is 0 Å². The molecule has 0 heterocycles. The minimum atomic E-state index is 0.0282. The Kier molecular flexibility index (Phi) is 3.61. The number of anilines is 1. The molecule has 1 aromatic carbocycles. The molecule has 0 aromatic heterocycles. The first-order valence-corrected chi connectivity index (χ1v) is 4.60. The van der Waals surface area contributed by atoms with Crippen LogP contribution in [0.2, 0.25) is 0 Å². The maximum Gasteiger partial charge on any atom is 0.132 e. The maximum absolute atomic E-state index is 8.52. The molecule has 0 radical (unpaired) electrons. The lowest BCUT2D eigenvalue weighted by Gasteiger charge is -2.06. The fourth-order valence-corrected chi connectivity index (χ4v) is 1.48. The molecule has 0 saturated carbocycles. The van der Waals surface area contributed by atoms with Crippen LogP contribution in [0, 0.1) is 3.57 Å². The van der Waals surface area contributed by atoms with Gasteiger partial charge in [-0.3, -0.25) is 0 Å². The highest BCUT2D eigenvalue weighted by atomic mass is 127. The molecular formula is C8H10INO2. The first-order chi connectivity index (χ1) is 5.74. The lowest BCUT2D eigenvalue weighted by Crippen LogP contribution is -2.02. The van der Waals surface area contributed by atoms with Gasteiger partial charge in [0.1, 0.15) is 12.4 Å². The highest BCUT2D eigenvalue weighted by Crippen LogP contribution is 2.22. The quantitative estimate of drug-likeness (QED) is 0.646. The average Bonchev–Trinajstić information content (AvgIpc) is 2.03. The third-order valence-electron chi connectivity index (χ3n) is 1.30. The normalized spacial score (nSPS) is 9.83. The molecule has 4 heteroatoms. The molecule has 1 rings (SSSR count). The van der Waals surface area contributed by atoms with Crippen molar-refractivity contribution in [3.05, 3.63) is 21.8 Å². The van der Waals surface area contributed by atoms with E-state index >= 15 is 0 Å². The largest absolute Gasteiger partial charge is 0.490 e. The number of hydrogen-bond acceptors (Lipinski definition) is 3. The topological polar surface area (TPSA) is 55.5 Å². The number of rotatable bonds is 3. The molecule has 0 fully saturated rings. The summed E-state index contributed by atoms with van der Waals surface area (Å²) in [5.41, 5.74) is 6.26. The summed E-state index contributed by atoms with van der Waals surface area (Å²) >= 11 is 2.14. The van der Waals surface area contributed by atoms with Crippen LogP contribution in [0.25, 0.3) is 0 Å². The van der Waals surface area contributed by atoms with Gasteiger partial charge in [-0.25, -0.2) is 0 Å². The van der Waals surface area contributed by atoms with Crippen molar-refractivity contribution >= 4 is 28.3 Å². The van der Waals surface area contributed by atoms with E-state index in [0.717, 1.165) is 15.0 Å². The van der Waals surface area contributed by atoms with Gasteiger partial charge < -0.3 is 15.6 Å². The third kappa shape index (κ3) is 2.53. The van der Waals surface area contributed by atoms with Gasteiger partial charge in [0.05, 0.1) is 10.2 Å². The molecule has 66 valence electrons. The van der Waals surface area contributed by atoms with Crippen molar-refractivity contribution in [3.8, 4) is 5.75 Å². The Morgan fingerprint density at radius 1 is 1.50 bits per heavy atom. The van der Waals surface area contributed by atoms with E-state index in [0.29, 0.717) is 6.61 Å². The van der Waals surface area contributed by atoms with Crippen LogP contribution in [0.1, 0.15) is 0 Å². The summed E-state index contributed by atoms with van der Waals surface area (Å²) in [6.07, 6.45) is 0. The molecule has 0 aliphatic carbocycles. The Bertz CT molecular complexity index is 265. The Balaban J connectivity index is 2.72. The number of nitrogens with two attached hydrogens (primary N) is 1. The van der Waals surface area contributed by atoms with Crippen LogP contribution in [0.3, 0.4) is 0 Å². The van der Waals surface area contributed by atoms with Crippen molar-refractivity contribution in [2.45, 2.75) is 0 Å². The van der Waals surface area contributed by atoms with Crippen molar-refractivity contribution in [1.82, 2.24) is 0 Å². The molecule has 0 unspecified atom stereocenters. The fourth-order valence-electron chi connectivity index (χ4n) is 0.790. The predicted octanol–water partition coefficient (Wildman–Crippen LogP) is 1.24. The highest BCUT2D eigenvalue weighted by Gasteiger charge is 1.99. The van der Waals surface area contributed by atoms with E-state index in [1.54, 1.807) is 12.1 Å². The van der Waals surface area contributed by atoms with Crippen molar-refractivity contribution in [3.63, 3.8) is 0 Å². The Morgan fingerprint density at radius 3 is 2.83 bits per heavy atom. The molecule has 0 amide bonds. The van der Waals surface area contributed by atoms with Gasteiger partial charge in [-0.2, -0.15) is 0 Å². The van der Waals surface area contributed by atoms with Gasteiger partial charge >= 0.3 is 0 Å². The SMILES string of the molecule is Nc1ccc(OCCO)c(I)c1. The van der Waals surface area contributed by atoms with Gasteiger partial charge in [-0.05, 0) is 40.8 Å². The number of aliphatic hydroxyl groups is 1. The van der Waals surface area contributed by atoms with Gasteiger partial charge in [0.2, 0.25) is 0 Å². The van der Waals surface area contributed by atoms with Crippen molar-refractivity contribution < 1.29 is 9.84 Å². The minimum Gasteiger partial charge on any atom is -0.490 e. The van der Waals surface area contributed by atoms with E-state index in [2.05, 4.69) is 22.6 Å². The zero-order valence-corrected chi connectivity index (χ0v) is 8.61. The zero-order valence-electron chi connectivity index (χ0n) is 6.46. The Hall–Kier alpha value is -0.490. The maximum atomic E-state index is 8.52. The van der Waals surface area contributed by atoms with Crippen LogP contribution >= 0.6 is 22.6 Å². The van der Waals surface area contributed by atoms with Crippen LogP contribution < -0.4 is 10.5 Å². The van der Waals surface area contributed by atoms with E-state index in [-0.39, 0.29) is 6.61 Å². The molecule has 3 nitrogen and oxygen atoms in total. The molecule has 0 saturated heterocycles. The van der Waals surface area contributed by atoms with Crippen molar-refractivity contribution in [1.29, 1.82) is 0 Å². The summed E-state index contributed by atoms with van der Waals surface area (Å²) in [7, 11) is 0. The first-order valence-electron chi connectivity index (χ1n) is 3.52. The number of benzene rings is 1. The second-order valence-corrected chi connectivity index (χ2v) is 3.42. The summed E-state index contributed by atoms with van der Waals surface area (Å²) in [6.45, 7) is 0.348. The van der Waals surface area contributed by atoms with Crippen LogP contribution in [0.5, 0.6) is 5.75 Å². The van der Waals surface area contributed by atoms with E-state index in [9.17, 15) is 0 Å². The van der Waals surface area contributed by atoms with Crippen LogP contribution in [-0.4, -0.2) is 18.3 Å². The summed E-state index contributed by atoms with van der Waals surface area (Å²) in [4.78, 5) is 0. The molecule has 0 atom stereocenters. The van der Waals surface area contributed by atoms with E-state index < -0.39 is 0 Å². The van der Waals surface area contributed by atoms with Crippen LogP contribution in [0.15, 0.2) is 18.2 Å². The Labute approximate surface area is 84.7 Å². The number of halogens is 1. The fraction of sp³-hybridized carbons (Fsp3) is 0.250. The van der Waals surface area contributed by atoms with Gasteiger partial charge in [0, 0.05) is 5.69 Å². The monoisotopic (exact) mass is 279 g/mol. The third-order valence-corrected chi connectivity index (χ3v) is 2.15. The standard InChI is InChI=1S/C8H10INO2/c9-7-5-6(10)1-2-8(7)12-4-3-11/h1-2,5,11H,3-4,10H2. The Morgan fingerprint density at radius 2 is 2.25 bits per heavy atom. The number of ether oxygens (including phenoxy) is 1. The summed E-state index contributed by atoms with van der Waals surface area (Å²) in [5, 5.41) is 8.52. The number of nitrogen functional groups attached to an aromatic ring is 1. The van der Waals surface area contributed by atoms with Crippen LogP contribution in [-0.2, 0) is 0 Å². The average molecular weight is 279 g/mol. The second kappa shape index (κ2) is 4.51. The second-order valence-electron chi connectivity index (χ2n) is 2.26. The molecule has 0 bridgehead atoms. The molecule has 0 spiro atoms. The molecular weight excluding hydrogens is 269 g/mol. The number of hydrogen-bond donors (Lipinski definition) is 2. The molecule has 1 aromatic rings. The molecule has 0 aliphatic heterocycles. The first kappa shape index (κ1) is 9.60. The van der Waals surface area contributed by atoms with Crippen LogP contribution in [0.4, 0.5) is 5.69 Å². The zero-order chi connectivity index (χ0) is 8.97. The van der Waals surface area contributed by atoms with Gasteiger partial charge in [0.25, 0.3) is 0 Å². The van der Waals surface area contributed by atoms with E-state index in [1.165, 1.54) is 0 Å². The lowest BCUT2D eigenvalue weighted by atomic mass is 10.3. The van der Waals surface area contributed by atoms with E-state index in [1.807, 2.05) is 6.07 Å². The van der Waals surface area contributed by atoms with Crippen molar-refractivity contribution in [2.75, 3.05) is 18.9 Å². The van der Waals surface area contributed by atoms with Crippen molar-refractivity contribution in [2.24, 2.45) is 0 Å². The highest BCUT2D eigenvalue weighted by molar-refractivity contribution is 14.1. The predicted molar refractivity (Wildman–Crippen MR) is 56.2 cm³/mol.